The Labute approximate surface area is 195 Å². The van der Waals surface area contributed by atoms with Gasteiger partial charge in [-0.05, 0) is 85.5 Å². The van der Waals surface area contributed by atoms with Gasteiger partial charge in [0.25, 0.3) is 11.6 Å². The number of anilines is 1. The number of nitro groups is 1. The number of amides is 1. The maximum atomic E-state index is 13.1. The third-order valence-corrected chi connectivity index (χ3v) is 5.74. The number of nitrogens with zero attached hydrogens (tertiary/aromatic N) is 3. The minimum Gasteiger partial charge on any atom is -0.478 e. The number of carbonyl (C=O) groups is 2. The van der Waals surface area contributed by atoms with Gasteiger partial charge in [-0.25, -0.2) is 4.79 Å². The summed E-state index contributed by atoms with van der Waals surface area (Å²) in [4.78, 5) is 35.4. The van der Waals surface area contributed by atoms with Crippen LogP contribution in [0.5, 0.6) is 0 Å². The van der Waals surface area contributed by atoms with Gasteiger partial charge in [0.05, 0.1) is 33.0 Å². The standard InChI is InChI=1S/C26H21N3O5/c1-15-11-23(24(29(33)34)12-16(15)2)20-6-4-5-18(13-20)14-22-17(3)27-28(25(22)30)21-9-7-19(8-10-21)26(31)32/h4-14H,1-3H3,(H,31,32). The van der Waals surface area contributed by atoms with Crippen molar-refractivity contribution in [3.63, 3.8) is 0 Å². The molecule has 0 saturated carbocycles. The molecule has 8 heteroatoms. The lowest BCUT2D eigenvalue weighted by atomic mass is 9.96. The zero-order valence-electron chi connectivity index (χ0n) is 18.8. The fourth-order valence-electron chi connectivity index (χ4n) is 3.75. The van der Waals surface area contributed by atoms with Crippen LogP contribution in [0.3, 0.4) is 0 Å². The zero-order valence-corrected chi connectivity index (χ0v) is 18.8. The number of rotatable bonds is 5. The highest BCUT2D eigenvalue weighted by Crippen LogP contribution is 2.33. The van der Waals surface area contributed by atoms with Crippen molar-refractivity contribution in [2.75, 3.05) is 5.01 Å². The molecule has 1 aliphatic heterocycles. The summed E-state index contributed by atoms with van der Waals surface area (Å²) in [5.41, 5.74) is 5.16. The van der Waals surface area contributed by atoms with E-state index in [-0.39, 0.29) is 17.2 Å². The van der Waals surface area contributed by atoms with E-state index >= 15 is 0 Å². The van der Waals surface area contributed by atoms with Crippen LogP contribution in [-0.2, 0) is 4.79 Å². The van der Waals surface area contributed by atoms with Crippen LogP contribution in [0.4, 0.5) is 11.4 Å². The van der Waals surface area contributed by atoms with E-state index in [4.69, 9.17) is 5.11 Å². The first kappa shape index (κ1) is 22.6. The predicted molar refractivity (Wildman–Crippen MR) is 130 cm³/mol. The summed E-state index contributed by atoms with van der Waals surface area (Å²) in [5, 5.41) is 26.3. The lowest BCUT2D eigenvalue weighted by molar-refractivity contribution is -0.384. The molecule has 1 amide bonds. The molecule has 1 aliphatic rings. The lowest BCUT2D eigenvalue weighted by Gasteiger charge is -2.12. The number of aryl methyl sites for hydroxylation is 2. The first-order valence-electron chi connectivity index (χ1n) is 10.5. The summed E-state index contributed by atoms with van der Waals surface area (Å²) in [5.74, 6) is -1.40. The summed E-state index contributed by atoms with van der Waals surface area (Å²) in [6, 6.07) is 16.5. The molecule has 0 bridgehead atoms. The van der Waals surface area contributed by atoms with Gasteiger partial charge in [-0.1, -0.05) is 18.2 Å². The molecule has 0 radical (unpaired) electrons. The van der Waals surface area contributed by atoms with Crippen LogP contribution in [0.2, 0.25) is 0 Å². The maximum Gasteiger partial charge on any atom is 0.335 e. The van der Waals surface area contributed by atoms with Gasteiger partial charge in [-0.3, -0.25) is 14.9 Å². The number of hydrazone groups is 1. The van der Waals surface area contributed by atoms with E-state index in [0.29, 0.717) is 33.7 Å². The van der Waals surface area contributed by atoms with Gasteiger partial charge < -0.3 is 5.11 Å². The fourth-order valence-corrected chi connectivity index (χ4v) is 3.75. The Balaban J connectivity index is 1.69. The molecule has 170 valence electrons. The molecule has 8 nitrogen and oxygen atoms in total. The summed E-state index contributed by atoms with van der Waals surface area (Å²) < 4.78 is 0. The minimum atomic E-state index is -1.05. The van der Waals surface area contributed by atoms with E-state index in [9.17, 15) is 19.7 Å². The van der Waals surface area contributed by atoms with Crippen molar-refractivity contribution in [1.82, 2.24) is 0 Å². The summed E-state index contributed by atoms with van der Waals surface area (Å²) in [6.45, 7) is 5.46. The molecule has 0 fully saturated rings. The van der Waals surface area contributed by atoms with Crippen LogP contribution in [0.15, 0.2) is 71.3 Å². The maximum absolute atomic E-state index is 13.1. The van der Waals surface area contributed by atoms with Gasteiger partial charge >= 0.3 is 5.97 Å². The number of carboxylic acids is 1. The largest absolute Gasteiger partial charge is 0.478 e. The van der Waals surface area contributed by atoms with Crippen molar-refractivity contribution in [2.45, 2.75) is 20.8 Å². The van der Waals surface area contributed by atoms with E-state index in [1.54, 1.807) is 43.3 Å². The number of hydrogen-bond acceptors (Lipinski definition) is 5. The second-order valence-corrected chi connectivity index (χ2v) is 8.05. The van der Waals surface area contributed by atoms with Crippen molar-refractivity contribution < 1.29 is 19.6 Å². The van der Waals surface area contributed by atoms with Crippen LogP contribution in [-0.4, -0.2) is 27.6 Å². The van der Waals surface area contributed by atoms with Crippen LogP contribution < -0.4 is 5.01 Å². The van der Waals surface area contributed by atoms with Gasteiger partial charge in [0, 0.05) is 6.07 Å². The molecule has 3 aromatic carbocycles. The summed E-state index contributed by atoms with van der Waals surface area (Å²) in [7, 11) is 0. The van der Waals surface area contributed by atoms with E-state index in [1.165, 1.54) is 29.3 Å². The Kier molecular flexibility index (Phi) is 5.81. The minimum absolute atomic E-state index is 0.0265. The van der Waals surface area contributed by atoms with Crippen molar-refractivity contribution in [3.8, 4) is 11.1 Å². The third kappa shape index (κ3) is 4.21. The smallest absolute Gasteiger partial charge is 0.335 e. The average Bonchev–Trinajstić information content (AvgIpc) is 3.09. The van der Waals surface area contributed by atoms with Crippen molar-refractivity contribution in [3.05, 3.63) is 98.6 Å². The highest BCUT2D eigenvalue weighted by atomic mass is 16.6. The zero-order chi connectivity index (χ0) is 24.6. The number of carbonyl (C=O) groups excluding carboxylic acids is 1. The highest BCUT2D eigenvalue weighted by Gasteiger charge is 2.29. The number of aromatic carboxylic acids is 1. The van der Waals surface area contributed by atoms with Gasteiger partial charge in [-0.2, -0.15) is 10.1 Å². The van der Waals surface area contributed by atoms with Gasteiger partial charge in [0.15, 0.2) is 0 Å². The van der Waals surface area contributed by atoms with E-state index in [2.05, 4.69) is 5.10 Å². The Morgan fingerprint density at radius 3 is 2.35 bits per heavy atom. The first-order valence-corrected chi connectivity index (χ1v) is 10.5. The lowest BCUT2D eigenvalue weighted by Crippen LogP contribution is -2.21. The molecule has 0 saturated heterocycles. The Hall–Kier alpha value is -4.59. The second kappa shape index (κ2) is 8.74. The molecule has 3 aromatic rings. The monoisotopic (exact) mass is 455 g/mol. The van der Waals surface area contributed by atoms with E-state index in [1.807, 2.05) is 19.9 Å². The summed E-state index contributed by atoms with van der Waals surface area (Å²) in [6.07, 6.45) is 1.70. The number of hydrogen-bond donors (Lipinski definition) is 1. The molecule has 0 aromatic heterocycles. The Morgan fingerprint density at radius 1 is 1.03 bits per heavy atom. The van der Waals surface area contributed by atoms with Crippen LogP contribution in [0.1, 0.15) is 34.0 Å². The average molecular weight is 455 g/mol. The van der Waals surface area contributed by atoms with Gasteiger partial charge in [0.1, 0.15) is 0 Å². The topological polar surface area (TPSA) is 113 Å². The Morgan fingerprint density at radius 2 is 1.71 bits per heavy atom. The molecule has 1 heterocycles. The number of carboxylic acid groups (broad SMARTS) is 1. The molecular weight excluding hydrogens is 434 g/mol. The molecule has 1 N–H and O–H groups in total. The van der Waals surface area contributed by atoms with E-state index < -0.39 is 10.9 Å². The van der Waals surface area contributed by atoms with Gasteiger partial charge in [-0.15, -0.1) is 0 Å². The Bertz CT molecular complexity index is 1400. The third-order valence-electron chi connectivity index (χ3n) is 5.74. The first-order chi connectivity index (χ1) is 16.2. The quantitative estimate of drug-likeness (QED) is 0.315. The molecule has 34 heavy (non-hydrogen) atoms. The summed E-state index contributed by atoms with van der Waals surface area (Å²) >= 11 is 0. The molecule has 0 spiro atoms. The fraction of sp³-hybridized carbons (Fsp3) is 0.115. The SMILES string of the molecule is CC1=NN(c2ccc(C(=O)O)cc2)C(=O)C1=Cc1cccc(-c2cc(C)c(C)cc2[N+](=O)[O-])c1. The normalized spacial score (nSPS) is 14.4. The molecular formula is C26H21N3O5. The second-order valence-electron chi connectivity index (χ2n) is 8.05. The van der Waals surface area contributed by atoms with Crippen LogP contribution >= 0.6 is 0 Å². The van der Waals surface area contributed by atoms with Crippen molar-refractivity contribution >= 4 is 35.0 Å². The predicted octanol–water partition coefficient (Wildman–Crippen LogP) is 5.38. The van der Waals surface area contributed by atoms with Crippen molar-refractivity contribution in [1.29, 1.82) is 0 Å². The van der Waals surface area contributed by atoms with Crippen LogP contribution in [0.25, 0.3) is 17.2 Å². The number of nitro benzene ring substituents is 1. The van der Waals surface area contributed by atoms with Crippen LogP contribution in [0, 0.1) is 24.0 Å². The molecule has 0 aliphatic carbocycles. The van der Waals surface area contributed by atoms with E-state index in [0.717, 1.165) is 11.1 Å². The molecule has 4 rings (SSSR count). The number of benzene rings is 3. The molecule has 0 unspecified atom stereocenters. The highest BCUT2D eigenvalue weighted by molar-refractivity contribution is 6.32. The van der Waals surface area contributed by atoms with Crippen molar-refractivity contribution in [2.24, 2.45) is 5.10 Å². The van der Waals surface area contributed by atoms with Gasteiger partial charge in [0.2, 0.25) is 0 Å². The molecule has 0 atom stereocenters.